The summed E-state index contributed by atoms with van der Waals surface area (Å²) in [5.74, 6) is -0.0759. The number of nitrogens with zero attached hydrogens (tertiary/aromatic N) is 3. The molecule has 12 heteroatoms. The van der Waals surface area contributed by atoms with Crippen molar-refractivity contribution in [2.24, 2.45) is 7.05 Å². The maximum atomic E-state index is 13.6. The van der Waals surface area contributed by atoms with Gasteiger partial charge >= 0.3 is 6.18 Å². The number of pyridine rings is 1. The molecule has 0 amide bonds. The van der Waals surface area contributed by atoms with Gasteiger partial charge in [-0.15, -0.1) is 11.3 Å². The lowest BCUT2D eigenvalue weighted by molar-refractivity contribution is -0.144. The summed E-state index contributed by atoms with van der Waals surface area (Å²) in [5, 5.41) is 0.518. The average Bonchev–Trinajstić information content (AvgIpc) is 3.35. The summed E-state index contributed by atoms with van der Waals surface area (Å²) in [6.07, 6.45) is -4.75. The van der Waals surface area contributed by atoms with E-state index in [0.29, 0.717) is 14.5 Å². The molecule has 3 heterocycles. The first-order valence-corrected chi connectivity index (χ1v) is 13.0. The molecule has 0 radical (unpaired) electrons. The van der Waals surface area contributed by atoms with E-state index in [1.807, 2.05) is 0 Å². The molecule has 0 atom stereocenters. The van der Waals surface area contributed by atoms with Gasteiger partial charge in [0.1, 0.15) is 11.2 Å². The van der Waals surface area contributed by atoms with Crippen LogP contribution in [-0.2, 0) is 29.6 Å². The number of hydrogen-bond acceptors (Lipinski definition) is 5. The van der Waals surface area contributed by atoms with Crippen LogP contribution in [0.5, 0.6) is 0 Å². The highest BCUT2D eigenvalue weighted by atomic mass is 35.5. The van der Waals surface area contributed by atoms with E-state index in [2.05, 4.69) is 4.98 Å². The van der Waals surface area contributed by atoms with Crippen LogP contribution in [0, 0.1) is 0 Å². The maximum absolute atomic E-state index is 13.6. The SMILES string of the molecule is CCn1c(C(F)(F)F)cc2nc(-c3sc(-c4ccc(Cl)cc4)cc3S(=O)(=O)CC)n(C)c2c1=O. The fraction of sp³-hybridized carbons (Fsp3) is 0.273. The summed E-state index contributed by atoms with van der Waals surface area (Å²) in [4.78, 5) is 18.1. The number of aromatic nitrogens is 3. The lowest BCUT2D eigenvalue weighted by Crippen LogP contribution is -2.28. The molecule has 0 aliphatic carbocycles. The molecule has 4 rings (SSSR count). The van der Waals surface area contributed by atoms with Crippen molar-refractivity contribution in [2.45, 2.75) is 31.5 Å². The van der Waals surface area contributed by atoms with Crippen LogP contribution in [-0.4, -0.2) is 28.3 Å². The van der Waals surface area contributed by atoms with Gasteiger partial charge in [0.15, 0.2) is 15.7 Å². The number of rotatable bonds is 5. The molecule has 0 saturated carbocycles. The highest BCUT2D eigenvalue weighted by molar-refractivity contribution is 7.91. The monoisotopic (exact) mass is 529 g/mol. The van der Waals surface area contributed by atoms with E-state index in [1.54, 1.807) is 24.3 Å². The number of sulfone groups is 1. The fourth-order valence-electron chi connectivity index (χ4n) is 3.74. The summed E-state index contributed by atoms with van der Waals surface area (Å²) in [7, 11) is -2.22. The second kappa shape index (κ2) is 8.54. The van der Waals surface area contributed by atoms with Crippen LogP contribution < -0.4 is 5.56 Å². The Labute approximate surface area is 202 Å². The molecule has 1 aromatic carbocycles. The molecule has 3 aromatic heterocycles. The summed E-state index contributed by atoms with van der Waals surface area (Å²) in [6.45, 7) is 2.77. The predicted octanol–water partition coefficient (Wildman–Crippen LogP) is 5.62. The van der Waals surface area contributed by atoms with Gasteiger partial charge in [-0.25, -0.2) is 13.4 Å². The first-order valence-electron chi connectivity index (χ1n) is 10.2. The third kappa shape index (κ3) is 4.05. The molecule has 180 valence electrons. The lowest BCUT2D eigenvalue weighted by Gasteiger charge is -2.13. The summed E-state index contributed by atoms with van der Waals surface area (Å²) in [6, 6.07) is 9.17. The first-order chi connectivity index (χ1) is 15.9. The lowest BCUT2D eigenvalue weighted by atomic mass is 10.2. The smallest absolute Gasteiger partial charge is 0.322 e. The Balaban J connectivity index is 2.04. The largest absolute Gasteiger partial charge is 0.431 e. The molecule has 34 heavy (non-hydrogen) atoms. The van der Waals surface area contributed by atoms with Crippen molar-refractivity contribution in [3.05, 3.63) is 57.5 Å². The van der Waals surface area contributed by atoms with Gasteiger partial charge in [0, 0.05) is 23.5 Å². The minimum atomic E-state index is -4.75. The summed E-state index contributed by atoms with van der Waals surface area (Å²) < 4.78 is 68.6. The van der Waals surface area contributed by atoms with E-state index < -0.39 is 27.3 Å². The third-order valence-electron chi connectivity index (χ3n) is 5.49. The quantitative estimate of drug-likeness (QED) is 0.336. The van der Waals surface area contributed by atoms with E-state index >= 15 is 0 Å². The number of aryl methyl sites for hydroxylation is 1. The Bertz CT molecular complexity index is 1570. The van der Waals surface area contributed by atoms with Gasteiger partial charge in [-0.05, 0) is 36.8 Å². The van der Waals surface area contributed by atoms with Crippen LogP contribution >= 0.6 is 22.9 Å². The number of benzene rings is 1. The molecular weight excluding hydrogens is 511 g/mol. The summed E-state index contributed by atoms with van der Waals surface area (Å²) in [5.41, 5.74) is -1.42. The molecule has 6 nitrogen and oxygen atoms in total. The number of thiophene rings is 1. The van der Waals surface area contributed by atoms with Gasteiger partial charge < -0.3 is 9.13 Å². The first kappa shape index (κ1) is 24.5. The van der Waals surface area contributed by atoms with Crippen LogP contribution in [0.1, 0.15) is 19.5 Å². The maximum Gasteiger partial charge on any atom is 0.431 e. The van der Waals surface area contributed by atoms with Gasteiger partial charge in [-0.1, -0.05) is 30.7 Å². The summed E-state index contributed by atoms with van der Waals surface area (Å²) >= 11 is 7.09. The fourth-order valence-corrected chi connectivity index (χ4v) is 6.52. The molecule has 0 spiro atoms. The minimum Gasteiger partial charge on any atom is -0.322 e. The van der Waals surface area contributed by atoms with E-state index in [-0.39, 0.29) is 38.9 Å². The molecule has 4 aromatic rings. The number of fused-ring (bicyclic) bond motifs is 1. The Hall–Kier alpha value is -2.63. The van der Waals surface area contributed by atoms with Gasteiger partial charge in [0.25, 0.3) is 5.56 Å². The number of alkyl halides is 3. The van der Waals surface area contributed by atoms with Crippen molar-refractivity contribution in [1.82, 2.24) is 14.1 Å². The normalized spacial score (nSPS) is 12.6. The van der Waals surface area contributed by atoms with Crippen LogP contribution in [0.25, 0.3) is 32.2 Å². The Morgan fingerprint density at radius 3 is 2.32 bits per heavy atom. The van der Waals surface area contributed by atoms with Crippen LogP contribution in [0.15, 0.2) is 46.1 Å². The molecule has 0 fully saturated rings. The Morgan fingerprint density at radius 2 is 1.76 bits per heavy atom. The highest BCUT2D eigenvalue weighted by Crippen LogP contribution is 2.41. The van der Waals surface area contributed by atoms with Gasteiger partial charge in [0.05, 0.1) is 21.0 Å². The molecule has 0 unspecified atom stereocenters. The average molecular weight is 530 g/mol. The third-order valence-corrected chi connectivity index (χ3v) is 8.80. The van der Waals surface area contributed by atoms with Crippen molar-refractivity contribution in [2.75, 3.05) is 5.75 Å². The van der Waals surface area contributed by atoms with E-state index in [4.69, 9.17) is 11.6 Å². The highest BCUT2D eigenvalue weighted by Gasteiger charge is 2.36. The molecule has 0 aliphatic heterocycles. The van der Waals surface area contributed by atoms with E-state index in [9.17, 15) is 26.4 Å². The van der Waals surface area contributed by atoms with Crippen molar-refractivity contribution >= 4 is 43.8 Å². The van der Waals surface area contributed by atoms with Crippen LogP contribution in [0.2, 0.25) is 5.02 Å². The number of hydrogen-bond donors (Lipinski definition) is 0. The zero-order valence-electron chi connectivity index (χ0n) is 18.3. The minimum absolute atomic E-state index is 0.00946. The molecule has 0 bridgehead atoms. The van der Waals surface area contributed by atoms with Crippen molar-refractivity contribution in [1.29, 1.82) is 0 Å². The molecule has 0 N–H and O–H groups in total. The predicted molar refractivity (Wildman–Crippen MR) is 127 cm³/mol. The Morgan fingerprint density at radius 1 is 1.12 bits per heavy atom. The van der Waals surface area contributed by atoms with E-state index in [0.717, 1.165) is 23.0 Å². The second-order valence-corrected chi connectivity index (χ2v) is 11.3. The number of imidazole rings is 1. The van der Waals surface area contributed by atoms with Gasteiger partial charge in [-0.2, -0.15) is 13.2 Å². The molecule has 0 saturated heterocycles. The van der Waals surface area contributed by atoms with E-state index in [1.165, 1.54) is 31.5 Å². The number of halogens is 4. The zero-order chi connectivity index (χ0) is 25.0. The van der Waals surface area contributed by atoms with Gasteiger partial charge in [-0.3, -0.25) is 4.79 Å². The topological polar surface area (TPSA) is 74.0 Å². The van der Waals surface area contributed by atoms with Crippen LogP contribution in [0.4, 0.5) is 13.2 Å². The van der Waals surface area contributed by atoms with Gasteiger partial charge in [0.2, 0.25) is 0 Å². The second-order valence-electron chi connectivity index (χ2n) is 7.52. The zero-order valence-corrected chi connectivity index (χ0v) is 20.7. The Kier molecular flexibility index (Phi) is 6.16. The van der Waals surface area contributed by atoms with Crippen molar-refractivity contribution in [3.63, 3.8) is 0 Å². The molecule has 0 aliphatic rings. The standard InChI is InChI=1S/C22H19ClF3N3O3S2/c1-4-29-17(22(24,25)26)10-14-18(21(29)30)28(3)20(27-14)19-16(34(31,32)5-2)11-15(33-19)12-6-8-13(23)9-7-12/h6-11H,4-5H2,1-3H3. The van der Waals surface area contributed by atoms with Crippen molar-refractivity contribution < 1.29 is 21.6 Å². The molecular formula is C22H19ClF3N3O3S2. The van der Waals surface area contributed by atoms with Crippen LogP contribution in [0.3, 0.4) is 0 Å². The van der Waals surface area contributed by atoms with Crippen molar-refractivity contribution in [3.8, 4) is 21.1 Å².